The van der Waals surface area contributed by atoms with E-state index in [-0.39, 0.29) is 12.0 Å². The second kappa shape index (κ2) is 6.10. The summed E-state index contributed by atoms with van der Waals surface area (Å²) in [5.41, 5.74) is -0.705. The molecule has 1 aliphatic rings. The third-order valence-corrected chi connectivity index (χ3v) is 4.35. The van der Waals surface area contributed by atoms with Crippen LogP contribution in [0.1, 0.15) is 40.5 Å². The van der Waals surface area contributed by atoms with E-state index in [2.05, 4.69) is 4.74 Å². The van der Waals surface area contributed by atoms with Gasteiger partial charge in [-0.1, -0.05) is 32.9 Å². The quantitative estimate of drug-likeness (QED) is 0.473. The molecule has 20 heavy (non-hydrogen) atoms. The van der Waals surface area contributed by atoms with E-state index in [1.807, 2.05) is 20.8 Å². The maximum Gasteiger partial charge on any atom is 0.330 e. The molecule has 4 nitrogen and oxygen atoms in total. The smallest absolute Gasteiger partial charge is 0.330 e. The molecule has 2 N–H and O–H groups in total. The number of carbonyl (C=O) groups excluding carboxylic acids is 1. The van der Waals surface area contributed by atoms with E-state index in [0.29, 0.717) is 12.8 Å². The molecule has 114 valence electrons. The fraction of sp³-hybridized carbons (Fsp3) is 0.688. The lowest BCUT2D eigenvalue weighted by Crippen LogP contribution is -2.54. The molecule has 0 radical (unpaired) electrons. The number of ether oxygens (including phenoxy) is 1. The van der Waals surface area contributed by atoms with Gasteiger partial charge < -0.3 is 14.9 Å². The van der Waals surface area contributed by atoms with E-state index in [4.69, 9.17) is 0 Å². The summed E-state index contributed by atoms with van der Waals surface area (Å²) < 4.78 is 4.57. The average molecular weight is 282 g/mol. The van der Waals surface area contributed by atoms with Crippen molar-refractivity contribution in [3.05, 3.63) is 23.8 Å². The maximum atomic E-state index is 11.2. The van der Waals surface area contributed by atoms with Crippen molar-refractivity contribution in [2.24, 2.45) is 11.3 Å². The number of allylic oxidation sites excluding steroid dienone is 2. The molecule has 0 heterocycles. The molecule has 4 heteroatoms. The predicted molar refractivity (Wildman–Crippen MR) is 78.0 cm³/mol. The van der Waals surface area contributed by atoms with Crippen molar-refractivity contribution in [3.63, 3.8) is 0 Å². The van der Waals surface area contributed by atoms with Gasteiger partial charge in [0.25, 0.3) is 0 Å². The number of carbonyl (C=O) groups is 1. The molecule has 0 spiro atoms. The lowest BCUT2D eigenvalue weighted by Gasteiger charge is -2.50. The van der Waals surface area contributed by atoms with Crippen LogP contribution in [0.3, 0.4) is 0 Å². The standard InChI is InChI=1S/C16H26O4/c1-11(8-14(18)20-5)6-7-16(19)12(2)9-13(17)10-15(16,3)4/h6-8,12-13,17,19H,9-10H2,1-5H3/b7-6+,11-8-/t12-,13?,16+/m0/s1. The molecule has 0 aromatic carbocycles. The molecule has 0 aromatic rings. The zero-order valence-electron chi connectivity index (χ0n) is 13.0. The van der Waals surface area contributed by atoms with Crippen molar-refractivity contribution < 1.29 is 19.7 Å². The van der Waals surface area contributed by atoms with Crippen LogP contribution in [0.25, 0.3) is 0 Å². The van der Waals surface area contributed by atoms with Gasteiger partial charge in [-0.3, -0.25) is 0 Å². The number of hydrogen-bond acceptors (Lipinski definition) is 4. The Morgan fingerprint density at radius 3 is 2.50 bits per heavy atom. The molecule has 0 saturated heterocycles. The summed E-state index contributed by atoms with van der Waals surface area (Å²) in [5.74, 6) is -0.464. The van der Waals surface area contributed by atoms with E-state index in [0.717, 1.165) is 5.57 Å². The van der Waals surface area contributed by atoms with Crippen LogP contribution >= 0.6 is 0 Å². The minimum atomic E-state index is -1.00. The summed E-state index contributed by atoms with van der Waals surface area (Å²) in [6.07, 6.45) is 5.63. The van der Waals surface area contributed by atoms with Crippen molar-refractivity contribution in [1.82, 2.24) is 0 Å². The van der Waals surface area contributed by atoms with Gasteiger partial charge in [0.2, 0.25) is 0 Å². The number of aliphatic hydroxyl groups excluding tert-OH is 1. The maximum absolute atomic E-state index is 11.2. The molecule has 1 saturated carbocycles. The van der Waals surface area contributed by atoms with Gasteiger partial charge in [-0.15, -0.1) is 0 Å². The van der Waals surface area contributed by atoms with Crippen LogP contribution < -0.4 is 0 Å². The van der Waals surface area contributed by atoms with Crippen LogP contribution in [-0.4, -0.2) is 35.0 Å². The largest absolute Gasteiger partial charge is 0.466 e. The number of rotatable bonds is 3. The molecular weight excluding hydrogens is 256 g/mol. The second-order valence-electron chi connectivity index (χ2n) is 6.45. The lowest BCUT2D eigenvalue weighted by molar-refractivity contribution is -0.134. The van der Waals surface area contributed by atoms with Gasteiger partial charge >= 0.3 is 5.97 Å². The average Bonchev–Trinajstić information content (AvgIpc) is 2.32. The molecule has 0 aliphatic heterocycles. The molecular formula is C16H26O4. The first-order valence-electron chi connectivity index (χ1n) is 6.98. The molecule has 0 aromatic heterocycles. The minimum Gasteiger partial charge on any atom is -0.466 e. The SMILES string of the molecule is COC(=O)/C=C(C)\C=C\[C@@]1(O)[C@@H](C)CC(O)CC1(C)C. The van der Waals surface area contributed by atoms with Gasteiger partial charge in [-0.25, -0.2) is 4.79 Å². The van der Waals surface area contributed by atoms with E-state index < -0.39 is 17.0 Å². The van der Waals surface area contributed by atoms with Crippen LogP contribution in [0.4, 0.5) is 0 Å². The van der Waals surface area contributed by atoms with Gasteiger partial charge in [-0.2, -0.15) is 0 Å². The Morgan fingerprint density at radius 1 is 1.40 bits per heavy atom. The highest BCUT2D eigenvalue weighted by molar-refractivity contribution is 5.83. The monoisotopic (exact) mass is 282 g/mol. The van der Waals surface area contributed by atoms with E-state index in [1.165, 1.54) is 13.2 Å². The van der Waals surface area contributed by atoms with Crippen molar-refractivity contribution in [1.29, 1.82) is 0 Å². The van der Waals surface area contributed by atoms with Gasteiger partial charge in [0, 0.05) is 6.08 Å². The Morgan fingerprint density at radius 2 is 2.00 bits per heavy atom. The van der Waals surface area contributed by atoms with Crippen molar-refractivity contribution in [3.8, 4) is 0 Å². The third-order valence-electron chi connectivity index (χ3n) is 4.35. The highest BCUT2D eigenvalue weighted by atomic mass is 16.5. The Labute approximate surface area is 121 Å². The summed E-state index contributed by atoms with van der Waals surface area (Å²) in [6.45, 7) is 7.63. The number of esters is 1. The van der Waals surface area contributed by atoms with Crippen LogP contribution in [0, 0.1) is 11.3 Å². The van der Waals surface area contributed by atoms with Gasteiger partial charge in [-0.05, 0) is 36.7 Å². The van der Waals surface area contributed by atoms with Crippen molar-refractivity contribution >= 4 is 5.97 Å². The van der Waals surface area contributed by atoms with Gasteiger partial charge in [0.1, 0.15) is 0 Å². The molecule has 1 rings (SSSR count). The topological polar surface area (TPSA) is 66.8 Å². The molecule has 3 atom stereocenters. The number of hydrogen-bond donors (Lipinski definition) is 2. The minimum absolute atomic E-state index is 0.0524. The Hall–Kier alpha value is -1.13. The van der Waals surface area contributed by atoms with Crippen LogP contribution in [0.2, 0.25) is 0 Å². The van der Waals surface area contributed by atoms with E-state index in [9.17, 15) is 15.0 Å². The zero-order chi connectivity index (χ0) is 15.6. The summed E-state index contributed by atoms with van der Waals surface area (Å²) in [7, 11) is 1.33. The van der Waals surface area contributed by atoms with E-state index in [1.54, 1.807) is 19.1 Å². The molecule has 1 fully saturated rings. The lowest BCUT2D eigenvalue weighted by atomic mass is 9.60. The third kappa shape index (κ3) is 3.49. The molecule has 1 unspecified atom stereocenters. The number of aliphatic hydroxyl groups is 2. The van der Waals surface area contributed by atoms with Gasteiger partial charge in [0.15, 0.2) is 0 Å². The van der Waals surface area contributed by atoms with Crippen LogP contribution in [0.15, 0.2) is 23.8 Å². The van der Waals surface area contributed by atoms with Crippen molar-refractivity contribution in [2.45, 2.75) is 52.2 Å². The first kappa shape index (κ1) is 16.9. The second-order valence-corrected chi connectivity index (χ2v) is 6.45. The molecule has 1 aliphatic carbocycles. The summed E-state index contributed by atoms with van der Waals surface area (Å²) >= 11 is 0. The Bertz CT molecular complexity index is 422. The number of methoxy groups -OCH3 is 1. The fourth-order valence-corrected chi connectivity index (χ4v) is 3.03. The highest BCUT2D eigenvalue weighted by Gasteiger charge is 2.50. The summed E-state index contributed by atoms with van der Waals surface area (Å²) in [6, 6.07) is 0. The Balaban J connectivity index is 2.98. The summed E-state index contributed by atoms with van der Waals surface area (Å²) in [5, 5.41) is 20.9. The molecule has 0 bridgehead atoms. The van der Waals surface area contributed by atoms with Crippen LogP contribution in [0.5, 0.6) is 0 Å². The zero-order valence-corrected chi connectivity index (χ0v) is 13.0. The van der Waals surface area contributed by atoms with Crippen LogP contribution in [-0.2, 0) is 9.53 Å². The first-order chi connectivity index (χ1) is 9.12. The van der Waals surface area contributed by atoms with Gasteiger partial charge in [0.05, 0.1) is 18.8 Å². The first-order valence-corrected chi connectivity index (χ1v) is 6.98. The molecule has 0 amide bonds. The predicted octanol–water partition coefficient (Wildman–Crippen LogP) is 2.21. The highest BCUT2D eigenvalue weighted by Crippen LogP contribution is 2.48. The Kier molecular flexibility index (Phi) is 5.16. The van der Waals surface area contributed by atoms with E-state index >= 15 is 0 Å². The van der Waals surface area contributed by atoms with Crippen molar-refractivity contribution in [2.75, 3.05) is 7.11 Å². The normalized spacial score (nSPS) is 34.2. The fourth-order valence-electron chi connectivity index (χ4n) is 3.03. The summed E-state index contributed by atoms with van der Waals surface area (Å²) in [4.78, 5) is 11.2.